The van der Waals surface area contributed by atoms with Gasteiger partial charge in [0.2, 0.25) is 5.71 Å². The van der Waals surface area contributed by atoms with Gasteiger partial charge in [-0.1, -0.05) is 121 Å². The molecule has 7 aromatic rings. The maximum absolute atomic E-state index is 5.95. The molecule has 2 aromatic heterocycles. The van der Waals surface area contributed by atoms with Gasteiger partial charge in [-0.05, 0) is 44.0 Å². The van der Waals surface area contributed by atoms with Crippen LogP contribution in [-0.4, -0.2) is 18.0 Å². The van der Waals surface area contributed by atoms with Crippen LogP contribution < -0.4 is 20.7 Å². The third-order valence-corrected chi connectivity index (χ3v) is 12.2. The first-order chi connectivity index (χ1) is 18.8. The average molecular weight is 505 g/mol. The van der Waals surface area contributed by atoms with Crippen LogP contribution in [0.1, 0.15) is 0 Å². The van der Waals surface area contributed by atoms with Gasteiger partial charge in [0.1, 0.15) is 11.9 Å². The molecule has 0 saturated heterocycles. The summed E-state index contributed by atoms with van der Waals surface area (Å²) < 4.78 is 5.95. The standard InChI is InChI=1S/C34H24N2OSi/c1-4-12-27(13-5-1)38(28-14-6-2-7-15-28,29-16-8-3-9-17-29)30-18-10-11-25(21-30)26-19-20-33-31(22-26)32-23-35-24-36-34(32)37-33/h1-24H. The van der Waals surface area contributed by atoms with Crippen LogP contribution in [0.5, 0.6) is 0 Å². The van der Waals surface area contributed by atoms with Crippen molar-refractivity contribution >= 4 is 50.9 Å². The molecule has 0 fully saturated rings. The second-order valence-electron chi connectivity index (χ2n) is 9.48. The predicted octanol–water partition coefficient (Wildman–Crippen LogP) is 5.42. The van der Waals surface area contributed by atoms with Crippen LogP contribution in [0.3, 0.4) is 0 Å². The second-order valence-corrected chi connectivity index (χ2v) is 13.3. The number of hydrogen-bond acceptors (Lipinski definition) is 3. The molecule has 0 aliphatic carbocycles. The molecule has 0 bridgehead atoms. The van der Waals surface area contributed by atoms with Gasteiger partial charge in [-0.2, -0.15) is 0 Å². The first-order valence-corrected chi connectivity index (χ1v) is 14.7. The van der Waals surface area contributed by atoms with Gasteiger partial charge in [0.15, 0.2) is 8.07 Å². The Labute approximate surface area is 222 Å². The Morgan fingerprint density at radius 1 is 0.500 bits per heavy atom. The van der Waals surface area contributed by atoms with Crippen molar-refractivity contribution in [3.05, 3.63) is 146 Å². The minimum absolute atomic E-state index is 0.615. The Bertz CT molecular complexity index is 1770. The fourth-order valence-corrected chi connectivity index (χ4v) is 10.5. The molecular formula is C34H24N2OSi. The summed E-state index contributed by atoms with van der Waals surface area (Å²) in [6.45, 7) is 0. The summed E-state index contributed by atoms with van der Waals surface area (Å²) in [6, 6.07) is 48.5. The SMILES string of the molecule is c1ccc([Si](c2ccccc2)(c2ccccc2)c2cccc(-c3ccc4oc5ncncc5c4c3)c2)cc1. The monoisotopic (exact) mass is 504 g/mol. The molecule has 0 aliphatic rings. The molecule has 0 atom stereocenters. The summed E-state index contributed by atoms with van der Waals surface area (Å²) in [5.74, 6) is 0. The third kappa shape index (κ3) is 3.58. The van der Waals surface area contributed by atoms with Gasteiger partial charge in [0.25, 0.3) is 0 Å². The lowest BCUT2D eigenvalue weighted by Crippen LogP contribution is -2.74. The molecule has 0 N–H and O–H groups in total. The van der Waals surface area contributed by atoms with E-state index in [0.717, 1.165) is 21.9 Å². The number of fused-ring (bicyclic) bond motifs is 3. The summed E-state index contributed by atoms with van der Waals surface area (Å²) in [7, 11) is -2.59. The van der Waals surface area contributed by atoms with E-state index < -0.39 is 8.07 Å². The summed E-state index contributed by atoms with van der Waals surface area (Å²) >= 11 is 0. The zero-order valence-electron chi connectivity index (χ0n) is 20.7. The van der Waals surface area contributed by atoms with Gasteiger partial charge in [-0.25, -0.2) is 9.97 Å². The average Bonchev–Trinajstić information content (AvgIpc) is 3.38. The molecule has 0 aliphatic heterocycles. The van der Waals surface area contributed by atoms with E-state index in [4.69, 9.17) is 4.42 Å². The highest BCUT2D eigenvalue weighted by Gasteiger charge is 2.41. The fraction of sp³-hybridized carbons (Fsp3) is 0. The van der Waals surface area contributed by atoms with E-state index >= 15 is 0 Å². The predicted molar refractivity (Wildman–Crippen MR) is 158 cm³/mol. The second kappa shape index (κ2) is 9.25. The zero-order valence-corrected chi connectivity index (χ0v) is 21.7. The lowest BCUT2D eigenvalue weighted by atomic mass is 10.0. The van der Waals surface area contributed by atoms with Crippen LogP contribution in [0.15, 0.2) is 150 Å². The van der Waals surface area contributed by atoms with Crippen molar-refractivity contribution in [3.8, 4) is 11.1 Å². The van der Waals surface area contributed by atoms with Crippen LogP contribution in [0.2, 0.25) is 0 Å². The normalized spacial score (nSPS) is 11.7. The molecule has 0 spiro atoms. The minimum Gasteiger partial charge on any atom is -0.438 e. The van der Waals surface area contributed by atoms with E-state index in [-0.39, 0.29) is 0 Å². The van der Waals surface area contributed by atoms with Crippen LogP contribution in [0.25, 0.3) is 33.2 Å². The lowest BCUT2D eigenvalue weighted by molar-refractivity contribution is 0.653. The number of rotatable bonds is 5. The Morgan fingerprint density at radius 3 is 1.71 bits per heavy atom. The summed E-state index contributed by atoms with van der Waals surface area (Å²) in [6.07, 6.45) is 3.35. The van der Waals surface area contributed by atoms with E-state index in [1.807, 2.05) is 12.3 Å². The smallest absolute Gasteiger partial charge is 0.230 e. The van der Waals surface area contributed by atoms with Crippen molar-refractivity contribution in [1.82, 2.24) is 9.97 Å². The zero-order chi connectivity index (χ0) is 25.4. The molecule has 0 unspecified atom stereocenters. The molecule has 5 aromatic carbocycles. The Kier molecular flexibility index (Phi) is 5.45. The van der Waals surface area contributed by atoms with Crippen molar-refractivity contribution in [2.24, 2.45) is 0 Å². The fourth-order valence-electron chi connectivity index (χ4n) is 5.69. The van der Waals surface area contributed by atoms with Crippen LogP contribution >= 0.6 is 0 Å². The topological polar surface area (TPSA) is 38.9 Å². The Morgan fingerprint density at radius 2 is 1.08 bits per heavy atom. The molecule has 4 heteroatoms. The molecule has 0 radical (unpaired) electrons. The van der Waals surface area contributed by atoms with E-state index in [9.17, 15) is 0 Å². The summed E-state index contributed by atoms with van der Waals surface area (Å²) in [5.41, 5.74) is 3.75. The third-order valence-electron chi connectivity index (χ3n) is 7.40. The highest BCUT2D eigenvalue weighted by atomic mass is 28.3. The van der Waals surface area contributed by atoms with Crippen molar-refractivity contribution < 1.29 is 4.42 Å². The van der Waals surface area contributed by atoms with E-state index in [0.29, 0.717) is 5.71 Å². The van der Waals surface area contributed by atoms with Crippen molar-refractivity contribution in [1.29, 1.82) is 0 Å². The van der Waals surface area contributed by atoms with Gasteiger partial charge >= 0.3 is 0 Å². The molecule has 3 nitrogen and oxygen atoms in total. The number of benzene rings is 5. The van der Waals surface area contributed by atoms with Gasteiger partial charge in [-0.15, -0.1) is 0 Å². The van der Waals surface area contributed by atoms with Gasteiger partial charge in [0.05, 0.1) is 5.39 Å². The molecule has 2 heterocycles. The molecule has 7 rings (SSSR count). The van der Waals surface area contributed by atoms with Gasteiger partial charge in [-0.3, -0.25) is 0 Å². The van der Waals surface area contributed by atoms with Gasteiger partial charge in [0, 0.05) is 11.6 Å². The van der Waals surface area contributed by atoms with Crippen molar-refractivity contribution in [3.63, 3.8) is 0 Å². The quantitative estimate of drug-likeness (QED) is 0.232. The van der Waals surface area contributed by atoms with Crippen LogP contribution in [-0.2, 0) is 0 Å². The Balaban J connectivity index is 1.49. The van der Waals surface area contributed by atoms with E-state index in [1.165, 1.54) is 32.6 Å². The molecule has 0 amide bonds. The highest BCUT2D eigenvalue weighted by Crippen LogP contribution is 2.31. The van der Waals surface area contributed by atoms with Crippen molar-refractivity contribution in [2.45, 2.75) is 0 Å². The summed E-state index contributed by atoms with van der Waals surface area (Å²) in [5, 5.41) is 7.40. The van der Waals surface area contributed by atoms with Crippen LogP contribution in [0, 0.1) is 0 Å². The van der Waals surface area contributed by atoms with Gasteiger partial charge < -0.3 is 4.42 Å². The number of aromatic nitrogens is 2. The number of hydrogen-bond donors (Lipinski definition) is 0. The maximum atomic E-state index is 5.95. The first kappa shape index (κ1) is 22.4. The highest BCUT2D eigenvalue weighted by molar-refractivity contribution is 7.19. The van der Waals surface area contributed by atoms with Crippen molar-refractivity contribution in [2.75, 3.05) is 0 Å². The Hall–Kier alpha value is -4.80. The number of nitrogens with zero attached hydrogens (tertiary/aromatic N) is 2. The lowest BCUT2D eigenvalue weighted by Gasteiger charge is -2.34. The summed E-state index contributed by atoms with van der Waals surface area (Å²) in [4.78, 5) is 8.51. The molecular weight excluding hydrogens is 480 g/mol. The van der Waals surface area contributed by atoms with Crippen LogP contribution in [0.4, 0.5) is 0 Å². The van der Waals surface area contributed by atoms with E-state index in [1.54, 1.807) is 0 Å². The molecule has 0 saturated carbocycles. The van der Waals surface area contributed by atoms with E-state index in [2.05, 4.69) is 137 Å². The first-order valence-electron chi connectivity index (χ1n) is 12.7. The molecule has 38 heavy (non-hydrogen) atoms. The minimum atomic E-state index is -2.59. The maximum Gasteiger partial charge on any atom is 0.230 e. The largest absolute Gasteiger partial charge is 0.438 e. The number of furan rings is 1. The molecule has 180 valence electrons.